The van der Waals surface area contributed by atoms with Crippen LogP contribution in [0.5, 0.6) is 0 Å². The summed E-state index contributed by atoms with van der Waals surface area (Å²) in [6, 6.07) is 7.59. The van der Waals surface area contributed by atoms with Gasteiger partial charge in [0.2, 0.25) is 5.91 Å². The van der Waals surface area contributed by atoms with E-state index in [9.17, 15) is 4.79 Å². The fourth-order valence-corrected chi connectivity index (χ4v) is 1.96. The number of rotatable bonds is 5. The molecule has 0 radical (unpaired) electrons. The number of benzene rings is 1. The van der Waals surface area contributed by atoms with E-state index >= 15 is 0 Å². The minimum atomic E-state index is 0.0580. The maximum atomic E-state index is 11.5. The number of carbonyl (C=O) groups is 1. The van der Waals surface area contributed by atoms with Gasteiger partial charge in [-0.05, 0) is 24.6 Å². The maximum Gasteiger partial charge on any atom is 0.232 e. The number of aliphatic hydroxyl groups excluding tert-OH is 1. The Morgan fingerprint density at radius 2 is 2.00 bits per heavy atom. The zero-order valence-electron chi connectivity index (χ0n) is 9.64. The molecule has 0 heterocycles. The second-order valence-corrected chi connectivity index (χ2v) is 4.55. The molecule has 0 aliphatic rings. The average Bonchev–Trinajstić information content (AvgIpc) is 2.35. The van der Waals surface area contributed by atoms with Crippen LogP contribution in [-0.2, 0) is 11.4 Å². The van der Waals surface area contributed by atoms with Crippen molar-refractivity contribution in [2.45, 2.75) is 18.4 Å². The van der Waals surface area contributed by atoms with Gasteiger partial charge in [-0.1, -0.05) is 12.1 Å². The minimum Gasteiger partial charge on any atom is -0.392 e. The molecule has 3 nitrogen and oxygen atoms in total. The first-order valence-corrected chi connectivity index (χ1v) is 6.22. The quantitative estimate of drug-likeness (QED) is 0.796. The highest BCUT2D eigenvalue weighted by atomic mass is 32.2. The Labute approximate surface area is 100 Å². The van der Waals surface area contributed by atoms with Crippen molar-refractivity contribution in [2.75, 3.05) is 19.3 Å². The summed E-state index contributed by atoms with van der Waals surface area (Å²) in [5.74, 6) is 0.599. The third kappa shape index (κ3) is 3.87. The molecule has 4 heteroatoms. The van der Waals surface area contributed by atoms with E-state index in [4.69, 9.17) is 5.11 Å². The van der Waals surface area contributed by atoms with Gasteiger partial charge in [0.15, 0.2) is 0 Å². The minimum absolute atomic E-state index is 0.0580. The van der Waals surface area contributed by atoms with E-state index in [1.54, 1.807) is 11.9 Å². The monoisotopic (exact) mass is 239 g/mol. The molecule has 0 aliphatic heterocycles. The molecule has 0 atom stereocenters. The largest absolute Gasteiger partial charge is 0.392 e. The molecule has 0 aromatic heterocycles. The van der Waals surface area contributed by atoms with Crippen LogP contribution < -0.4 is 0 Å². The van der Waals surface area contributed by atoms with E-state index in [1.165, 1.54) is 11.8 Å². The summed E-state index contributed by atoms with van der Waals surface area (Å²) in [5.41, 5.74) is 0.890. The zero-order chi connectivity index (χ0) is 12.0. The first-order valence-electron chi connectivity index (χ1n) is 5.24. The van der Waals surface area contributed by atoms with Gasteiger partial charge < -0.3 is 10.0 Å². The third-order valence-corrected chi connectivity index (χ3v) is 3.37. The number of hydrogen-bond donors (Lipinski definition) is 1. The van der Waals surface area contributed by atoms with Crippen molar-refractivity contribution in [1.29, 1.82) is 0 Å². The molecule has 0 fully saturated rings. The summed E-state index contributed by atoms with van der Waals surface area (Å²) in [6.07, 6.45) is 0. The van der Waals surface area contributed by atoms with Crippen LogP contribution in [0.15, 0.2) is 29.2 Å². The predicted octanol–water partition coefficient (Wildman–Crippen LogP) is 1.75. The first-order chi connectivity index (χ1) is 7.67. The van der Waals surface area contributed by atoms with Crippen molar-refractivity contribution >= 4 is 17.7 Å². The third-order valence-electron chi connectivity index (χ3n) is 2.37. The van der Waals surface area contributed by atoms with Crippen molar-refractivity contribution in [3.05, 3.63) is 29.8 Å². The van der Waals surface area contributed by atoms with Gasteiger partial charge in [-0.2, -0.15) is 0 Å². The van der Waals surface area contributed by atoms with Crippen molar-refractivity contribution in [3.63, 3.8) is 0 Å². The van der Waals surface area contributed by atoms with E-state index in [-0.39, 0.29) is 12.5 Å². The molecule has 88 valence electrons. The van der Waals surface area contributed by atoms with Crippen LogP contribution in [0.1, 0.15) is 12.5 Å². The number of amides is 1. The number of nitrogens with zero attached hydrogens (tertiary/aromatic N) is 1. The van der Waals surface area contributed by atoms with E-state index in [0.717, 1.165) is 17.0 Å². The van der Waals surface area contributed by atoms with Gasteiger partial charge in [0, 0.05) is 18.5 Å². The highest BCUT2D eigenvalue weighted by molar-refractivity contribution is 8.00. The summed E-state index contributed by atoms with van der Waals surface area (Å²) in [4.78, 5) is 14.3. The second kappa shape index (κ2) is 6.55. The molecule has 0 unspecified atom stereocenters. The van der Waals surface area contributed by atoms with E-state index in [2.05, 4.69) is 0 Å². The normalized spacial score (nSPS) is 10.2. The highest BCUT2D eigenvalue weighted by Crippen LogP contribution is 2.18. The fraction of sp³-hybridized carbons (Fsp3) is 0.417. The smallest absolute Gasteiger partial charge is 0.232 e. The number of hydrogen-bond acceptors (Lipinski definition) is 3. The van der Waals surface area contributed by atoms with Crippen LogP contribution in [0.3, 0.4) is 0 Å². The Morgan fingerprint density at radius 3 is 2.50 bits per heavy atom. The topological polar surface area (TPSA) is 40.5 Å². The van der Waals surface area contributed by atoms with Crippen LogP contribution in [-0.4, -0.2) is 35.3 Å². The molecule has 0 bridgehead atoms. The molecule has 16 heavy (non-hydrogen) atoms. The van der Waals surface area contributed by atoms with Crippen molar-refractivity contribution < 1.29 is 9.90 Å². The van der Waals surface area contributed by atoms with Crippen LogP contribution in [0, 0.1) is 0 Å². The molecular formula is C12H17NO2S. The van der Waals surface area contributed by atoms with E-state index < -0.39 is 0 Å². The number of thioether (sulfide) groups is 1. The van der Waals surface area contributed by atoms with Gasteiger partial charge in [-0.25, -0.2) is 0 Å². The Morgan fingerprint density at radius 1 is 1.38 bits per heavy atom. The summed E-state index contributed by atoms with van der Waals surface area (Å²) in [7, 11) is 1.80. The molecule has 0 saturated heterocycles. The summed E-state index contributed by atoms with van der Waals surface area (Å²) in [6.45, 7) is 2.75. The number of carbonyl (C=O) groups excluding carboxylic acids is 1. The summed E-state index contributed by atoms with van der Waals surface area (Å²) < 4.78 is 0. The van der Waals surface area contributed by atoms with Crippen LogP contribution in [0.4, 0.5) is 0 Å². The van der Waals surface area contributed by atoms with Gasteiger partial charge in [-0.3, -0.25) is 4.79 Å². The molecule has 1 rings (SSSR count). The lowest BCUT2D eigenvalue weighted by Gasteiger charge is -2.13. The predicted molar refractivity (Wildman–Crippen MR) is 66.4 cm³/mol. The SMILES string of the molecule is CCN(C)C(=O)CSc1ccc(CO)cc1. The fourth-order valence-electron chi connectivity index (χ4n) is 1.12. The highest BCUT2D eigenvalue weighted by Gasteiger charge is 2.06. The average molecular weight is 239 g/mol. The number of aliphatic hydroxyl groups is 1. The summed E-state index contributed by atoms with van der Waals surface area (Å²) >= 11 is 1.52. The molecule has 0 aliphatic carbocycles. The second-order valence-electron chi connectivity index (χ2n) is 3.50. The first kappa shape index (κ1) is 13.1. The van der Waals surface area contributed by atoms with Crippen LogP contribution >= 0.6 is 11.8 Å². The molecule has 1 N–H and O–H groups in total. The molecule has 1 amide bonds. The molecular weight excluding hydrogens is 222 g/mol. The van der Waals surface area contributed by atoms with Crippen molar-refractivity contribution in [1.82, 2.24) is 4.90 Å². The molecule has 1 aromatic carbocycles. The maximum absolute atomic E-state index is 11.5. The summed E-state index contributed by atoms with van der Waals surface area (Å²) in [5, 5.41) is 8.88. The van der Waals surface area contributed by atoms with Crippen molar-refractivity contribution in [3.8, 4) is 0 Å². The van der Waals surface area contributed by atoms with Gasteiger partial charge in [0.1, 0.15) is 0 Å². The Bertz CT molecular complexity index is 337. The molecule has 1 aromatic rings. The van der Waals surface area contributed by atoms with Gasteiger partial charge in [-0.15, -0.1) is 11.8 Å². The lowest BCUT2D eigenvalue weighted by atomic mass is 10.2. The van der Waals surface area contributed by atoms with Gasteiger partial charge in [0.05, 0.1) is 12.4 Å². The molecule has 0 spiro atoms. The lowest BCUT2D eigenvalue weighted by Crippen LogP contribution is -2.27. The Hall–Kier alpha value is -1.00. The molecule has 0 saturated carbocycles. The van der Waals surface area contributed by atoms with Crippen LogP contribution in [0.25, 0.3) is 0 Å². The van der Waals surface area contributed by atoms with Crippen LogP contribution in [0.2, 0.25) is 0 Å². The Balaban J connectivity index is 2.45. The van der Waals surface area contributed by atoms with E-state index in [1.807, 2.05) is 31.2 Å². The van der Waals surface area contributed by atoms with E-state index in [0.29, 0.717) is 5.75 Å². The van der Waals surface area contributed by atoms with Gasteiger partial charge in [0.25, 0.3) is 0 Å². The van der Waals surface area contributed by atoms with Gasteiger partial charge >= 0.3 is 0 Å². The van der Waals surface area contributed by atoms with Crippen molar-refractivity contribution in [2.24, 2.45) is 0 Å². The zero-order valence-corrected chi connectivity index (χ0v) is 10.5. The lowest BCUT2D eigenvalue weighted by molar-refractivity contribution is -0.126. The standard InChI is InChI=1S/C12H17NO2S/c1-3-13(2)12(15)9-16-11-6-4-10(8-14)5-7-11/h4-7,14H,3,8-9H2,1-2H3. The Kier molecular flexibility index (Phi) is 5.35.